The number of carbonyl (C=O) groups is 4. The van der Waals surface area contributed by atoms with Crippen molar-refractivity contribution in [3.63, 3.8) is 0 Å². The van der Waals surface area contributed by atoms with Crippen molar-refractivity contribution in [3.8, 4) is 23.7 Å². The fraction of sp³-hybridized carbons (Fsp3) is 0.261. The summed E-state index contributed by atoms with van der Waals surface area (Å²) < 4.78 is 10.5. The Morgan fingerprint density at radius 1 is 0.577 bits per heavy atom. The van der Waals surface area contributed by atoms with Crippen LogP contribution in [0.3, 0.4) is 0 Å². The fourth-order valence-electron chi connectivity index (χ4n) is 6.93. The van der Waals surface area contributed by atoms with Crippen LogP contribution in [0.2, 0.25) is 0 Å². The molecular weight excluding hydrogens is 649 g/mol. The minimum Gasteiger partial charge on any atom is -0.466 e. The van der Waals surface area contributed by atoms with Crippen molar-refractivity contribution in [2.24, 2.45) is 5.41 Å². The molecule has 2 unspecified atom stereocenters. The number of benzene rings is 4. The first-order valence-corrected chi connectivity index (χ1v) is 17.2. The lowest BCUT2D eigenvalue weighted by atomic mass is 9.59. The first-order valence-electron chi connectivity index (χ1n) is 17.2. The lowest BCUT2D eigenvalue weighted by molar-refractivity contribution is -0.140. The largest absolute Gasteiger partial charge is 0.466 e. The molecule has 2 atom stereocenters. The van der Waals surface area contributed by atoms with E-state index in [2.05, 4.69) is 44.5 Å². The van der Waals surface area contributed by atoms with Crippen molar-refractivity contribution in [2.45, 2.75) is 58.8 Å². The minimum atomic E-state index is -0.673. The monoisotopic (exact) mass is 688 g/mol. The van der Waals surface area contributed by atoms with Gasteiger partial charge in [0.15, 0.2) is 0 Å². The van der Waals surface area contributed by atoms with Gasteiger partial charge in [0.2, 0.25) is 11.6 Å². The van der Waals surface area contributed by atoms with Crippen LogP contribution in [-0.4, -0.2) is 37.7 Å². The van der Waals surface area contributed by atoms with E-state index in [0.717, 1.165) is 33.4 Å². The third-order valence-electron chi connectivity index (χ3n) is 9.40. The number of carbonyl (C=O) groups excluding carboxylic acids is 4. The molecule has 3 aliphatic rings. The highest BCUT2D eigenvalue weighted by Gasteiger charge is 2.50. The number of ketones is 2. The Morgan fingerprint density at radius 3 is 1.58 bits per heavy atom. The molecule has 6 nitrogen and oxygen atoms in total. The van der Waals surface area contributed by atoms with Gasteiger partial charge in [-0.25, -0.2) is 9.59 Å². The Bertz CT molecular complexity index is 2340. The molecule has 0 radical (unpaired) electrons. The van der Waals surface area contributed by atoms with E-state index in [-0.39, 0.29) is 27.5 Å². The summed E-state index contributed by atoms with van der Waals surface area (Å²) in [6, 6.07) is 25.4. The predicted molar refractivity (Wildman–Crippen MR) is 200 cm³/mol. The lowest BCUT2D eigenvalue weighted by Crippen LogP contribution is -2.36. The smallest absolute Gasteiger partial charge is 0.335 e. The van der Waals surface area contributed by atoms with Crippen molar-refractivity contribution < 1.29 is 28.7 Å². The summed E-state index contributed by atoms with van der Waals surface area (Å²) in [6.07, 6.45) is 0. The SMILES string of the molecule is COC(=O)C1=C(C(=O)OC)C2c3ccccc3C1c1c(C#Cc3cccc(C(=O)C(=O)c4cccc(C(C)(C)C)c4)c3)ccc(C#CC(C)(C)C)c12. The zero-order chi connectivity index (χ0) is 37.5. The highest BCUT2D eigenvalue weighted by Crippen LogP contribution is 2.57. The fourth-order valence-corrected chi connectivity index (χ4v) is 6.93. The topological polar surface area (TPSA) is 86.7 Å². The molecule has 52 heavy (non-hydrogen) atoms. The summed E-state index contributed by atoms with van der Waals surface area (Å²) in [5.41, 5.74) is 6.75. The van der Waals surface area contributed by atoms with E-state index in [1.165, 1.54) is 14.2 Å². The van der Waals surface area contributed by atoms with Gasteiger partial charge < -0.3 is 9.47 Å². The van der Waals surface area contributed by atoms with Gasteiger partial charge in [-0.2, -0.15) is 0 Å². The third kappa shape index (κ3) is 6.61. The van der Waals surface area contributed by atoms with Crippen LogP contribution in [0.25, 0.3) is 0 Å². The van der Waals surface area contributed by atoms with E-state index in [0.29, 0.717) is 16.7 Å². The zero-order valence-electron chi connectivity index (χ0n) is 30.7. The molecule has 7 rings (SSSR count). The number of Topliss-reactive ketones (excluding diaryl/α,β-unsaturated/α-hetero) is 2. The number of esters is 2. The second-order valence-corrected chi connectivity index (χ2v) is 15.1. The molecule has 0 spiro atoms. The van der Waals surface area contributed by atoms with Crippen LogP contribution in [0.15, 0.2) is 96.1 Å². The van der Waals surface area contributed by atoms with Gasteiger partial charge in [-0.1, -0.05) is 99.1 Å². The highest BCUT2D eigenvalue weighted by atomic mass is 16.5. The summed E-state index contributed by atoms with van der Waals surface area (Å²) in [5.74, 6) is 9.45. The van der Waals surface area contributed by atoms with Crippen LogP contribution in [0.5, 0.6) is 0 Å². The molecule has 2 bridgehead atoms. The summed E-state index contributed by atoms with van der Waals surface area (Å²) in [7, 11) is 2.60. The van der Waals surface area contributed by atoms with Crippen LogP contribution in [0.4, 0.5) is 0 Å². The second kappa shape index (κ2) is 13.6. The summed E-state index contributed by atoms with van der Waals surface area (Å²) in [4.78, 5) is 53.8. The molecule has 3 aliphatic carbocycles. The zero-order valence-corrected chi connectivity index (χ0v) is 30.7. The van der Waals surface area contributed by atoms with Gasteiger partial charge in [-0.05, 0) is 84.3 Å². The van der Waals surface area contributed by atoms with Crippen LogP contribution in [0, 0.1) is 29.1 Å². The van der Waals surface area contributed by atoms with E-state index < -0.39 is 35.3 Å². The number of hydrogen-bond acceptors (Lipinski definition) is 6. The molecule has 0 heterocycles. The molecule has 0 saturated heterocycles. The normalized spacial score (nSPS) is 15.6. The quantitative estimate of drug-likeness (QED) is 0.0913. The molecule has 4 aromatic rings. The van der Waals surface area contributed by atoms with Gasteiger partial charge in [-0.3, -0.25) is 9.59 Å². The van der Waals surface area contributed by atoms with E-state index >= 15 is 0 Å². The summed E-state index contributed by atoms with van der Waals surface area (Å²) in [6.45, 7) is 12.2. The Morgan fingerprint density at radius 2 is 1.08 bits per heavy atom. The molecule has 260 valence electrons. The molecule has 0 N–H and O–H groups in total. The molecule has 0 aromatic heterocycles. The first-order chi connectivity index (χ1) is 24.6. The number of methoxy groups -OCH3 is 2. The maximum absolute atomic E-state index is 13.6. The van der Waals surface area contributed by atoms with Gasteiger partial charge in [0.1, 0.15) is 0 Å². The van der Waals surface area contributed by atoms with E-state index in [9.17, 15) is 19.2 Å². The van der Waals surface area contributed by atoms with Crippen molar-refractivity contribution in [1.82, 2.24) is 0 Å². The van der Waals surface area contributed by atoms with E-state index in [4.69, 9.17) is 9.47 Å². The number of rotatable bonds is 5. The van der Waals surface area contributed by atoms with Crippen LogP contribution in [-0.2, 0) is 24.5 Å². The first kappa shape index (κ1) is 35.8. The standard InChI is InChI=1S/C46H40O6/c1-45(2,3)24-23-29-22-21-28(20-19-27-13-11-14-30(25-27)41(47)42(48)31-15-12-16-32(26-31)46(4,5)6)35-36(29)38-34-18-10-9-17-33(34)37(35)39(43(49)51-7)40(38)44(50)52-8/h9-18,21-22,25-26,37-38H,1-8H3. The van der Waals surface area contributed by atoms with Crippen molar-refractivity contribution in [2.75, 3.05) is 14.2 Å². The second-order valence-electron chi connectivity index (χ2n) is 15.1. The van der Waals surface area contributed by atoms with Crippen LogP contribution in [0.1, 0.15) is 119 Å². The summed E-state index contributed by atoms with van der Waals surface area (Å²) in [5, 5.41) is 0. The van der Waals surface area contributed by atoms with Crippen LogP contribution < -0.4 is 0 Å². The molecule has 0 saturated carbocycles. The van der Waals surface area contributed by atoms with Gasteiger partial charge in [0.25, 0.3) is 0 Å². The molecule has 0 amide bonds. The lowest BCUT2D eigenvalue weighted by Gasteiger charge is -2.42. The molecule has 4 aromatic carbocycles. The third-order valence-corrected chi connectivity index (χ3v) is 9.40. The van der Waals surface area contributed by atoms with Gasteiger partial charge >= 0.3 is 11.9 Å². The van der Waals surface area contributed by atoms with Crippen molar-refractivity contribution >= 4 is 23.5 Å². The average molecular weight is 689 g/mol. The Kier molecular flexibility index (Phi) is 9.39. The molecule has 6 heteroatoms. The van der Waals surface area contributed by atoms with E-state index in [1.807, 2.05) is 63.2 Å². The molecule has 0 fully saturated rings. The number of ether oxygens (including phenoxy) is 2. The predicted octanol–water partition coefficient (Wildman–Crippen LogP) is 8.08. The van der Waals surface area contributed by atoms with Crippen molar-refractivity contribution in [1.29, 1.82) is 0 Å². The van der Waals surface area contributed by atoms with Crippen LogP contribution >= 0.6 is 0 Å². The Balaban J connectivity index is 1.49. The molecule has 0 aliphatic heterocycles. The van der Waals surface area contributed by atoms with Crippen molar-refractivity contribution in [3.05, 3.63) is 152 Å². The van der Waals surface area contributed by atoms with Gasteiger partial charge in [-0.15, -0.1) is 0 Å². The maximum atomic E-state index is 13.6. The maximum Gasteiger partial charge on any atom is 0.335 e. The van der Waals surface area contributed by atoms with Gasteiger partial charge in [0.05, 0.1) is 25.4 Å². The Hall–Kier alpha value is -5.98. The number of hydrogen-bond donors (Lipinski definition) is 0. The Labute approximate surface area is 305 Å². The van der Waals surface area contributed by atoms with E-state index in [1.54, 1.807) is 42.5 Å². The molecular formula is C46H40O6. The average Bonchev–Trinajstić information content (AvgIpc) is 3.14. The van der Waals surface area contributed by atoms with Gasteiger partial charge in [0, 0.05) is 45.1 Å². The minimum absolute atomic E-state index is 0.179. The summed E-state index contributed by atoms with van der Waals surface area (Å²) >= 11 is 0. The highest BCUT2D eigenvalue weighted by molar-refractivity contribution is 6.49.